The van der Waals surface area contributed by atoms with E-state index in [1.807, 2.05) is 13.2 Å². The molecule has 2 aromatic carbocycles. The van der Waals surface area contributed by atoms with Crippen LogP contribution in [0, 0.1) is 11.3 Å². The van der Waals surface area contributed by atoms with E-state index in [0.29, 0.717) is 32.2 Å². The molecule has 1 amide bonds. The number of ether oxygens (including phenoxy) is 4. The molecule has 202 valence electrons. The second-order valence-electron chi connectivity index (χ2n) is 12.0. The van der Waals surface area contributed by atoms with Gasteiger partial charge in [-0.1, -0.05) is 36.4 Å². The Balaban J connectivity index is 1.31. The average Bonchev–Trinajstić information content (AvgIpc) is 3.30. The minimum atomic E-state index is -0.420. The third kappa shape index (κ3) is 3.04. The molecule has 2 heterocycles. The minimum absolute atomic E-state index is 0.0270. The molecule has 4 fully saturated rings. The first-order chi connectivity index (χ1) is 18.5. The molecule has 4 aliphatic carbocycles. The first-order valence-corrected chi connectivity index (χ1v) is 14.1. The van der Waals surface area contributed by atoms with Crippen LogP contribution in [0.1, 0.15) is 48.8 Å². The maximum absolute atomic E-state index is 11.8. The summed E-state index contributed by atoms with van der Waals surface area (Å²) in [6.07, 6.45) is 5.32. The fourth-order valence-electron chi connectivity index (χ4n) is 9.46. The standard InChI is InChI=1S/C31H38N2O5/c1-35-23-9-8-21-16-24-29-11-12-31(36-2,22(17-29)19-37-18-20-6-4-3-5-7-20)28-30(29,26(21)27(23)38-28)13-15-33(24)14-10-25(32)34/h3-9,22,24,28H,10-19H2,1-2H3,(H2,32,34). The molecule has 8 rings (SSSR count). The van der Waals surface area contributed by atoms with Gasteiger partial charge in [0.15, 0.2) is 11.5 Å². The summed E-state index contributed by atoms with van der Waals surface area (Å²) in [6.45, 7) is 2.87. The van der Waals surface area contributed by atoms with Crippen LogP contribution in [-0.2, 0) is 32.7 Å². The summed E-state index contributed by atoms with van der Waals surface area (Å²) in [5.41, 5.74) is 9.01. The molecule has 1 saturated heterocycles. The number of carbonyl (C=O) groups is 1. The molecule has 38 heavy (non-hydrogen) atoms. The first kappa shape index (κ1) is 24.4. The number of hydrogen-bond donors (Lipinski definition) is 1. The van der Waals surface area contributed by atoms with Gasteiger partial charge in [0.25, 0.3) is 0 Å². The van der Waals surface area contributed by atoms with Crippen LogP contribution in [-0.4, -0.2) is 62.5 Å². The van der Waals surface area contributed by atoms with Gasteiger partial charge in [0.05, 0.1) is 20.3 Å². The van der Waals surface area contributed by atoms with Crippen LogP contribution in [0.3, 0.4) is 0 Å². The number of primary amides is 1. The van der Waals surface area contributed by atoms with Crippen molar-refractivity contribution in [3.05, 3.63) is 59.2 Å². The van der Waals surface area contributed by atoms with Crippen LogP contribution >= 0.6 is 0 Å². The van der Waals surface area contributed by atoms with Gasteiger partial charge < -0.3 is 24.7 Å². The summed E-state index contributed by atoms with van der Waals surface area (Å²) in [7, 11) is 3.60. The number of piperidine rings is 1. The quantitative estimate of drug-likeness (QED) is 0.546. The van der Waals surface area contributed by atoms with E-state index in [4.69, 9.17) is 24.7 Å². The van der Waals surface area contributed by atoms with Crippen LogP contribution in [0.2, 0.25) is 0 Å². The minimum Gasteiger partial charge on any atom is -0.493 e. The van der Waals surface area contributed by atoms with Crippen molar-refractivity contribution in [2.24, 2.45) is 17.1 Å². The van der Waals surface area contributed by atoms with Gasteiger partial charge in [0, 0.05) is 48.4 Å². The zero-order valence-electron chi connectivity index (χ0n) is 22.4. The Kier molecular flexibility index (Phi) is 5.59. The number of fused-ring (bicyclic) bond motifs is 2. The number of methoxy groups -OCH3 is 2. The number of amides is 1. The lowest BCUT2D eigenvalue weighted by atomic mass is 9.35. The first-order valence-electron chi connectivity index (χ1n) is 14.1. The number of rotatable bonds is 9. The van der Waals surface area contributed by atoms with E-state index in [1.165, 1.54) is 16.7 Å². The summed E-state index contributed by atoms with van der Waals surface area (Å²) < 4.78 is 25.9. The molecule has 6 aliphatic rings. The van der Waals surface area contributed by atoms with Crippen molar-refractivity contribution in [3.8, 4) is 11.5 Å². The second-order valence-corrected chi connectivity index (χ2v) is 12.0. The molecule has 2 aliphatic heterocycles. The Morgan fingerprint density at radius 2 is 1.97 bits per heavy atom. The maximum Gasteiger partial charge on any atom is 0.218 e. The highest BCUT2D eigenvalue weighted by Crippen LogP contribution is 2.76. The molecule has 3 saturated carbocycles. The van der Waals surface area contributed by atoms with Gasteiger partial charge in [0.1, 0.15) is 11.7 Å². The molecule has 7 nitrogen and oxygen atoms in total. The topological polar surface area (TPSA) is 83.2 Å². The SMILES string of the molecule is COc1ccc2c3c1OC1C4(OC)CCC5(CC4COCc4ccccc4)C(C2)N(CCC(N)=O)CCC315. The highest BCUT2D eigenvalue weighted by molar-refractivity contribution is 5.74. The van der Waals surface area contributed by atoms with Crippen LogP contribution < -0.4 is 15.2 Å². The van der Waals surface area contributed by atoms with Crippen molar-refractivity contribution in [2.45, 2.75) is 68.3 Å². The number of nitrogens with two attached hydrogens (primary N) is 1. The molecular weight excluding hydrogens is 480 g/mol. The number of likely N-dealkylation sites (tertiary alicyclic amines) is 1. The zero-order chi connectivity index (χ0) is 26.1. The van der Waals surface area contributed by atoms with Crippen molar-refractivity contribution >= 4 is 5.91 Å². The molecule has 7 heteroatoms. The summed E-state index contributed by atoms with van der Waals surface area (Å²) in [5.74, 6) is 1.73. The van der Waals surface area contributed by atoms with Gasteiger partial charge in [-0.25, -0.2) is 0 Å². The van der Waals surface area contributed by atoms with Gasteiger partial charge in [-0.15, -0.1) is 0 Å². The van der Waals surface area contributed by atoms with Gasteiger partial charge in [0.2, 0.25) is 5.91 Å². The number of benzene rings is 2. The predicted octanol–water partition coefficient (Wildman–Crippen LogP) is 3.60. The van der Waals surface area contributed by atoms with Crippen LogP contribution in [0.15, 0.2) is 42.5 Å². The Labute approximate surface area is 224 Å². The van der Waals surface area contributed by atoms with Gasteiger partial charge in [-0.3, -0.25) is 9.69 Å². The largest absolute Gasteiger partial charge is 0.493 e. The van der Waals surface area contributed by atoms with Crippen LogP contribution in [0.25, 0.3) is 0 Å². The van der Waals surface area contributed by atoms with Gasteiger partial charge >= 0.3 is 0 Å². The molecular formula is C31H38N2O5. The molecule has 2 aromatic rings. The number of carbonyl (C=O) groups excluding carboxylic acids is 1. The lowest BCUT2D eigenvalue weighted by Gasteiger charge is -2.74. The molecule has 0 radical (unpaired) electrons. The summed E-state index contributed by atoms with van der Waals surface area (Å²) in [4.78, 5) is 14.3. The van der Waals surface area contributed by atoms with Gasteiger partial charge in [-0.05, 0) is 55.8 Å². The van der Waals surface area contributed by atoms with E-state index < -0.39 is 5.60 Å². The third-order valence-electron chi connectivity index (χ3n) is 10.9. The Morgan fingerprint density at radius 1 is 1.13 bits per heavy atom. The predicted molar refractivity (Wildman–Crippen MR) is 142 cm³/mol. The van der Waals surface area contributed by atoms with Crippen molar-refractivity contribution in [1.29, 1.82) is 0 Å². The summed E-state index contributed by atoms with van der Waals surface area (Å²) >= 11 is 0. The molecule has 6 unspecified atom stereocenters. The Hall–Kier alpha value is -2.61. The van der Waals surface area contributed by atoms with Crippen molar-refractivity contribution in [3.63, 3.8) is 0 Å². The van der Waals surface area contributed by atoms with E-state index in [-0.39, 0.29) is 28.8 Å². The lowest BCUT2D eigenvalue weighted by Crippen LogP contribution is -2.81. The van der Waals surface area contributed by atoms with Crippen LogP contribution in [0.5, 0.6) is 11.5 Å². The number of nitrogens with zero attached hydrogens (tertiary/aromatic N) is 1. The van der Waals surface area contributed by atoms with Crippen LogP contribution in [0.4, 0.5) is 0 Å². The van der Waals surface area contributed by atoms with Crippen molar-refractivity contribution < 1.29 is 23.7 Å². The van der Waals surface area contributed by atoms with E-state index in [2.05, 4.69) is 41.3 Å². The van der Waals surface area contributed by atoms with Gasteiger partial charge in [-0.2, -0.15) is 0 Å². The van der Waals surface area contributed by atoms with Crippen molar-refractivity contribution in [1.82, 2.24) is 4.90 Å². The Bertz CT molecular complexity index is 1250. The van der Waals surface area contributed by atoms with Crippen molar-refractivity contribution in [2.75, 3.05) is 33.9 Å². The summed E-state index contributed by atoms with van der Waals surface area (Å²) in [5, 5.41) is 0. The molecule has 2 spiro atoms. The second kappa shape index (κ2) is 8.70. The van der Waals surface area contributed by atoms with E-state index in [9.17, 15) is 4.79 Å². The molecule has 4 bridgehead atoms. The zero-order valence-corrected chi connectivity index (χ0v) is 22.4. The summed E-state index contributed by atoms with van der Waals surface area (Å²) in [6, 6.07) is 15.0. The molecule has 0 aromatic heterocycles. The highest BCUT2D eigenvalue weighted by Gasteiger charge is 2.80. The molecule has 2 N–H and O–H groups in total. The molecule has 6 atom stereocenters. The fraction of sp³-hybridized carbons (Fsp3) is 0.581. The van der Waals surface area contributed by atoms with E-state index >= 15 is 0 Å². The number of hydrogen-bond acceptors (Lipinski definition) is 6. The fourth-order valence-corrected chi connectivity index (χ4v) is 9.46. The average molecular weight is 519 g/mol. The van der Waals surface area contributed by atoms with E-state index in [1.54, 1.807) is 7.11 Å². The third-order valence-corrected chi connectivity index (χ3v) is 10.9. The lowest BCUT2D eigenvalue weighted by molar-refractivity contribution is -0.283. The monoisotopic (exact) mass is 518 g/mol. The highest BCUT2D eigenvalue weighted by atomic mass is 16.6. The Morgan fingerprint density at radius 3 is 2.74 bits per heavy atom. The normalized spacial score (nSPS) is 36.0. The van der Waals surface area contributed by atoms with E-state index in [0.717, 1.165) is 50.1 Å². The maximum atomic E-state index is 11.8. The smallest absolute Gasteiger partial charge is 0.218 e.